The van der Waals surface area contributed by atoms with Crippen LogP contribution in [-0.2, 0) is 0 Å². The summed E-state index contributed by atoms with van der Waals surface area (Å²) in [7, 11) is 0. The molecule has 30 heavy (non-hydrogen) atoms. The van der Waals surface area contributed by atoms with Gasteiger partial charge in [-0.1, -0.05) is 49.2 Å². The van der Waals surface area contributed by atoms with E-state index in [1.807, 2.05) is 36.4 Å². The molecule has 0 radical (unpaired) electrons. The number of carbonyl (C=O) groups excluding carboxylic acids is 1. The number of phenols is 1. The van der Waals surface area contributed by atoms with Gasteiger partial charge in [-0.2, -0.15) is 0 Å². The van der Waals surface area contributed by atoms with Crippen molar-refractivity contribution in [2.75, 3.05) is 25.0 Å². The summed E-state index contributed by atoms with van der Waals surface area (Å²) in [5.74, 6) is 0.0833. The Bertz CT molecular complexity index is 1010. The van der Waals surface area contributed by atoms with E-state index in [4.69, 9.17) is 16.3 Å². The lowest BCUT2D eigenvalue weighted by atomic mass is 10.1. The van der Waals surface area contributed by atoms with Gasteiger partial charge in [0, 0.05) is 11.1 Å². The van der Waals surface area contributed by atoms with E-state index in [-0.39, 0.29) is 11.7 Å². The van der Waals surface area contributed by atoms with Gasteiger partial charge in [-0.15, -0.1) is 0 Å². The molecule has 5 nitrogen and oxygen atoms in total. The molecule has 0 spiro atoms. The second-order valence-corrected chi connectivity index (χ2v) is 7.55. The number of nitrogens with one attached hydrogen (secondary N) is 2. The summed E-state index contributed by atoms with van der Waals surface area (Å²) in [6.07, 6.45) is 3.17. The predicted molar refractivity (Wildman–Crippen MR) is 123 cm³/mol. The fourth-order valence-corrected chi connectivity index (χ4v) is 3.29. The number of hydrogen-bond donors (Lipinski definition) is 3. The summed E-state index contributed by atoms with van der Waals surface area (Å²) < 4.78 is 5.98. The fraction of sp³-hybridized carbons (Fsp3) is 0.292. The highest BCUT2D eigenvalue weighted by molar-refractivity contribution is 6.30. The fourth-order valence-electron chi connectivity index (χ4n) is 3.12. The molecule has 0 aliphatic rings. The molecule has 0 aromatic heterocycles. The molecule has 0 bridgehead atoms. The molecule has 0 unspecified atom stereocenters. The average molecular weight is 427 g/mol. The normalized spacial score (nSPS) is 10.9. The minimum atomic E-state index is -0.352. The lowest BCUT2D eigenvalue weighted by molar-refractivity contribution is 0.102. The van der Waals surface area contributed by atoms with E-state index in [9.17, 15) is 9.90 Å². The van der Waals surface area contributed by atoms with Crippen molar-refractivity contribution in [2.24, 2.45) is 0 Å². The Hall–Kier alpha value is -2.76. The largest absolute Gasteiger partial charge is 0.506 e. The van der Waals surface area contributed by atoms with E-state index in [0.717, 1.165) is 36.7 Å². The summed E-state index contributed by atoms with van der Waals surface area (Å²) >= 11 is 5.87. The first-order valence-corrected chi connectivity index (χ1v) is 10.6. The molecule has 158 valence electrons. The van der Waals surface area contributed by atoms with E-state index in [1.165, 1.54) is 12.5 Å². The first-order chi connectivity index (χ1) is 14.6. The molecule has 0 aliphatic carbocycles. The Morgan fingerprint density at radius 3 is 2.50 bits per heavy atom. The number of ether oxygens (including phenoxy) is 1. The van der Waals surface area contributed by atoms with Crippen LogP contribution in [0.2, 0.25) is 5.02 Å². The first kappa shape index (κ1) is 21.9. The van der Waals surface area contributed by atoms with Crippen molar-refractivity contribution in [3.05, 3.63) is 65.2 Å². The highest BCUT2D eigenvalue weighted by atomic mass is 35.5. The van der Waals surface area contributed by atoms with Gasteiger partial charge in [0.1, 0.15) is 11.5 Å². The summed E-state index contributed by atoms with van der Waals surface area (Å²) in [5, 5.41) is 18.5. The molecule has 3 aromatic carbocycles. The van der Waals surface area contributed by atoms with Crippen LogP contribution in [0.15, 0.2) is 54.6 Å². The van der Waals surface area contributed by atoms with Crippen LogP contribution in [0.5, 0.6) is 11.5 Å². The summed E-state index contributed by atoms with van der Waals surface area (Å²) in [5.41, 5.74) is 0.714. The molecule has 0 heterocycles. The van der Waals surface area contributed by atoms with Crippen molar-refractivity contribution in [2.45, 2.75) is 26.2 Å². The van der Waals surface area contributed by atoms with Crippen LogP contribution in [0.1, 0.15) is 36.5 Å². The molecule has 3 aromatic rings. The van der Waals surface area contributed by atoms with Crippen LogP contribution in [0.4, 0.5) is 5.69 Å². The zero-order chi connectivity index (χ0) is 21.3. The number of unbranched alkanes of at least 4 members (excludes halogenated alkanes) is 1. The molecule has 3 rings (SSSR count). The number of halogens is 1. The average Bonchev–Trinajstić information content (AvgIpc) is 2.74. The third-order valence-electron chi connectivity index (χ3n) is 4.76. The molecular weight excluding hydrogens is 400 g/mol. The van der Waals surface area contributed by atoms with E-state index >= 15 is 0 Å². The van der Waals surface area contributed by atoms with Gasteiger partial charge >= 0.3 is 0 Å². The van der Waals surface area contributed by atoms with Gasteiger partial charge in [0.25, 0.3) is 5.91 Å². The number of anilines is 1. The maximum Gasteiger partial charge on any atom is 0.259 e. The maximum atomic E-state index is 13.0. The standard InChI is InChI=1S/C24H27ClN2O3/c1-2-3-11-26-12-6-13-30-23-15-18-8-5-4-7-17(18)14-20(23)24(29)27-21-10-9-19(25)16-22(21)28/h4-5,7-10,14-16,26,28H,2-3,6,11-13H2,1H3,(H,27,29). The van der Waals surface area contributed by atoms with Gasteiger partial charge in [0.2, 0.25) is 0 Å². The maximum absolute atomic E-state index is 13.0. The van der Waals surface area contributed by atoms with Crippen molar-refractivity contribution in [1.82, 2.24) is 5.32 Å². The van der Waals surface area contributed by atoms with Crippen molar-refractivity contribution >= 4 is 34.0 Å². The number of hydrogen-bond acceptors (Lipinski definition) is 4. The van der Waals surface area contributed by atoms with Gasteiger partial charge < -0.3 is 20.5 Å². The molecule has 0 aliphatic heterocycles. The molecule has 1 amide bonds. The number of benzene rings is 3. The van der Waals surface area contributed by atoms with Crippen molar-refractivity contribution in [3.63, 3.8) is 0 Å². The predicted octanol–water partition coefficient (Wildman–Crippen LogP) is 5.61. The number of aromatic hydroxyl groups is 1. The Morgan fingerprint density at radius 2 is 1.77 bits per heavy atom. The molecule has 0 saturated carbocycles. The molecule has 0 saturated heterocycles. The zero-order valence-electron chi connectivity index (χ0n) is 17.1. The lowest BCUT2D eigenvalue weighted by Crippen LogP contribution is -2.19. The minimum absolute atomic E-state index is 0.0859. The Labute approximate surface area is 182 Å². The van der Waals surface area contributed by atoms with Crippen LogP contribution in [0.25, 0.3) is 10.8 Å². The third kappa shape index (κ3) is 5.88. The van der Waals surface area contributed by atoms with Crippen molar-refractivity contribution < 1.29 is 14.6 Å². The monoisotopic (exact) mass is 426 g/mol. The molecule has 6 heteroatoms. The van der Waals surface area contributed by atoms with Gasteiger partial charge in [0.15, 0.2) is 0 Å². The Kier molecular flexibility index (Phi) is 7.94. The summed E-state index contributed by atoms with van der Waals surface area (Å²) in [6, 6.07) is 16.1. The highest BCUT2D eigenvalue weighted by Gasteiger charge is 2.16. The second kappa shape index (κ2) is 10.9. The quantitative estimate of drug-likeness (QED) is 0.291. The van der Waals surface area contributed by atoms with Crippen molar-refractivity contribution in [1.29, 1.82) is 0 Å². The third-order valence-corrected chi connectivity index (χ3v) is 5.00. The van der Waals surface area contributed by atoms with Crippen LogP contribution in [0.3, 0.4) is 0 Å². The number of rotatable bonds is 10. The molecule has 0 atom stereocenters. The van der Waals surface area contributed by atoms with E-state index in [0.29, 0.717) is 28.6 Å². The van der Waals surface area contributed by atoms with Crippen LogP contribution in [-0.4, -0.2) is 30.7 Å². The van der Waals surface area contributed by atoms with Gasteiger partial charge in [0.05, 0.1) is 17.9 Å². The van der Waals surface area contributed by atoms with E-state index < -0.39 is 0 Å². The van der Waals surface area contributed by atoms with Gasteiger partial charge in [-0.3, -0.25) is 4.79 Å². The van der Waals surface area contributed by atoms with Gasteiger partial charge in [-0.05, 0) is 61.0 Å². The highest BCUT2D eigenvalue weighted by Crippen LogP contribution is 2.30. The SMILES string of the molecule is CCCCNCCCOc1cc2ccccc2cc1C(=O)Nc1ccc(Cl)cc1O. The summed E-state index contributed by atoms with van der Waals surface area (Å²) in [6.45, 7) is 4.54. The van der Waals surface area contributed by atoms with E-state index in [1.54, 1.807) is 12.1 Å². The smallest absolute Gasteiger partial charge is 0.259 e. The zero-order valence-corrected chi connectivity index (χ0v) is 17.8. The molecule has 0 fully saturated rings. The topological polar surface area (TPSA) is 70.6 Å². The molecule has 3 N–H and O–H groups in total. The minimum Gasteiger partial charge on any atom is -0.506 e. The molecular formula is C24H27ClN2O3. The number of phenolic OH excluding ortho intramolecular Hbond substituents is 1. The van der Waals surface area contributed by atoms with Crippen LogP contribution in [0, 0.1) is 0 Å². The second-order valence-electron chi connectivity index (χ2n) is 7.12. The van der Waals surface area contributed by atoms with E-state index in [2.05, 4.69) is 17.6 Å². The first-order valence-electron chi connectivity index (χ1n) is 10.2. The number of amides is 1. The Balaban J connectivity index is 1.75. The lowest BCUT2D eigenvalue weighted by Gasteiger charge is -2.14. The summed E-state index contributed by atoms with van der Waals surface area (Å²) in [4.78, 5) is 13.0. The van der Waals surface area contributed by atoms with Crippen LogP contribution >= 0.6 is 11.6 Å². The number of fused-ring (bicyclic) bond motifs is 1. The van der Waals surface area contributed by atoms with Crippen LogP contribution < -0.4 is 15.4 Å². The Morgan fingerprint density at radius 1 is 1.03 bits per heavy atom. The van der Waals surface area contributed by atoms with Crippen molar-refractivity contribution in [3.8, 4) is 11.5 Å². The van der Waals surface area contributed by atoms with Gasteiger partial charge in [-0.25, -0.2) is 0 Å². The number of carbonyl (C=O) groups is 1.